The van der Waals surface area contributed by atoms with Gasteiger partial charge in [0.1, 0.15) is 42.7 Å². The first-order valence-corrected chi connectivity index (χ1v) is 24.0. The smallest absolute Gasteiger partial charge is 0.312 e. The van der Waals surface area contributed by atoms with Crippen molar-refractivity contribution in [3.05, 3.63) is 179 Å². The summed E-state index contributed by atoms with van der Waals surface area (Å²) in [4.78, 5) is 14.1. The number of carbonyl (C=O) groups excluding carboxylic acids is 1. The summed E-state index contributed by atoms with van der Waals surface area (Å²) in [5.74, 6) is -0.466. The molecular weight excluding hydrogens is 882 g/mol. The monoisotopic (exact) mass is 948 g/mol. The van der Waals surface area contributed by atoms with Crippen LogP contribution < -0.4 is 0 Å². The van der Waals surface area contributed by atoms with Gasteiger partial charge in [-0.1, -0.05) is 158 Å². The molecule has 2 fully saturated rings. The van der Waals surface area contributed by atoms with Gasteiger partial charge in [-0.25, -0.2) is 0 Å². The Bertz CT molecular complexity index is 2190. The van der Waals surface area contributed by atoms with Crippen LogP contribution in [0.4, 0.5) is 0 Å². The third kappa shape index (κ3) is 15.1. The quantitative estimate of drug-likeness (QED) is 0.0354. The molecule has 0 aliphatic carbocycles. The van der Waals surface area contributed by atoms with Gasteiger partial charge in [0, 0.05) is 7.11 Å². The van der Waals surface area contributed by atoms with Crippen LogP contribution in [0.25, 0.3) is 0 Å². The van der Waals surface area contributed by atoms with E-state index in [2.05, 4.69) is 9.12 Å². The van der Waals surface area contributed by atoms with Gasteiger partial charge >= 0.3 is 12.6 Å². The zero-order valence-corrected chi connectivity index (χ0v) is 40.9. The Labute approximate surface area is 404 Å². The first kappa shape index (κ1) is 51.5. The molecule has 2 saturated heterocycles. The molecule has 5 unspecified atom stereocenters. The van der Waals surface area contributed by atoms with Crippen molar-refractivity contribution in [2.45, 2.75) is 122 Å². The maximum Gasteiger partial charge on any atom is 0.312 e. The molecule has 0 aromatic heterocycles. The maximum absolute atomic E-state index is 14.1. The van der Waals surface area contributed by atoms with Crippen LogP contribution in [0.1, 0.15) is 48.6 Å². The summed E-state index contributed by atoms with van der Waals surface area (Å²) in [5, 5.41) is 0. The maximum atomic E-state index is 14.1. The molecule has 2 aliphatic heterocycles. The second-order valence-corrected chi connectivity index (χ2v) is 19.1. The van der Waals surface area contributed by atoms with Crippen molar-refractivity contribution in [2.75, 3.05) is 20.3 Å². The summed E-state index contributed by atoms with van der Waals surface area (Å²) >= 11 is 0. The van der Waals surface area contributed by atoms with Crippen molar-refractivity contribution in [2.24, 2.45) is 5.41 Å². The van der Waals surface area contributed by atoms with Crippen molar-refractivity contribution < 1.29 is 56.8 Å². The number of hydrogen-bond donors (Lipinski definition) is 0. The second-order valence-electron chi connectivity index (χ2n) is 18.1. The Morgan fingerprint density at radius 3 is 1.26 bits per heavy atom. The van der Waals surface area contributed by atoms with E-state index >= 15 is 0 Å². The number of esters is 1. The summed E-state index contributed by atoms with van der Waals surface area (Å²) in [6, 6.07) is 49.4. The number of benzene rings is 5. The largest absolute Gasteiger partial charge is 0.454 e. The van der Waals surface area contributed by atoms with E-state index in [4.69, 9.17) is 52.0 Å². The van der Waals surface area contributed by atoms with Crippen LogP contribution in [0.15, 0.2) is 152 Å². The predicted molar refractivity (Wildman–Crippen MR) is 262 cm³/mol. The van der Waals surface area contributed by atoms with Gasteiger partial charge in [0.05, 0.1) is 51.7 Å². The average Bonchev–Trinajstić information content (AvgIpc) is 3.35. The topological polar surface area (TPSA) is 119 Å². The van der Waals surface area contributed by atoms with Crippen LogP contribution in [0.5, 0.6) is 0 Å². The van der Waals surface area contributed by atoms with Gasteiger partial charge in [0.2, 0.25) is 0 Å². The van der Waals surface area contributed by atoms with Crippen molar-refractivity contribution in [1.82, 2.24) is 0 Å². The Morgan fingerprint density at radius 2 is 0.868 bits per heavy atom. The zero-order chi connectivity index (χ0) is 47.7. The molecule has 0 spiro atoms. The summed E-state index contributed by atoms with van der Waals surface area (Å²) in [6.45, 7) is 8.35. The standard InChI is InChI=1S/C54H66BO12P/c1-54(2,3)53(56)66-49-47(61-34-41-27-17-9-18-28-41)45(59-32-39-23-13-7-14-24-39)43(36-58-31-38-21-11-6-12-22-38)65-52(49)63-37-44-46(60-33-40-25-15-8-16-26-40)48(62-35-42-29-19-10-20-30-42)50(67-55(4)68)51(57-5)64-44/h6-30,43-52H,31-37,68H2,1-5H3/t43?,44?,45-,46-,47+,48+,49?,50?,51-,52-/m1/s1. The number of carbonyl (C=O) groups is 1. The highest BCUT2D eigenvalue weighted by Crippen LogP contribution is 2.35. The van der Waals surface area contributed by atoms with Gasteiger partial charge in [0.15, 0.2) is 18.7 Å². The zero-order valence-electron chi connectivity index (χ0n) is 39.7. The van der Waals surface area contributed by atoms with Crippen LogP contribution in [-0.4, -0.2) is 94.3 Å². The lowest BCUT2D eigenvalue weighted by Crippen LogP contribution is -2.64. The lowest BCUT2D eigenvalue weighted by Gasteiger charge is -2.48. The number of methoxy groups -OCH3 is 1. The van der Waals surface area contributed by atoms with Gasteiger partial charge in [0.25, 0.3) is 0 Å². The molecule has 0 radical (unpaired) electrons. The molecule has 68 heavy (non-hydrogen) atoms. The van der Waals surface area contributed by atoms with E-state index in [0.717, 1.165) is 27.8 Å². The highest BCUT2D eigenvalue weighted by Gasteiger charge is 2.53. The normalized spacial score (nSPS) is 25.1. The molecule has 0 saturated carbocycles. The second kappa shape index (κ2) is 26.0. The van der Waals surface area contributed by atoms with E-state index in [1.54, 1.807) is 27.9 Å². The van der Waals surface area contributed by atoms with Gasteiger partial charge in [-0.3, -0.25) is 4.79 Å². The van der Waals surface area contributed by atoms with Gasteiger partial charge in [-0.05, 0) is 48.6 Å². The third-order valence-electron chi connectivity index (χ3n) is 11.6. The van der Waals surface area contributed by atoms with Crippen molar-refractivity contribution >= 4 is 21.7 Å². The van der Waals surface area contributed by atoms with Gasteiger partial charge < -0.3 is 52.0 Å². The van der Waals surface area contributed by atoms with E-state index in [0.29, 0.717) is 6.61 Å². The first-order chi connectivity index (χ1) is 33.1. The molecule has 11 atom stereocenters. The fourth-order valence-corrected chi connectivity index (χ4v) is 8.25. The Morgan fingerprint density at radius 1 is 0.500 bits per heavy atom. The van der Waals surface area contributed by atoms with E-state index in [1.807, 2.05) is 158 Å². The summed E-state index contributed by atoms with van der Waals surface area (Å²) in [5.41, 5.74) is 3.93. The molecule has 7 rings (SSSR count). The Kier molecular flexibility index (Phi) is 19.7. The number of hydrogen-bond acceptors (Lipinski definition) is 12. The molecule has 5 aromatic rings. The Balaban J connectivity index is 1.24. The van der Waals surface area contributed by atoms with Crippen LogP contribution in [0.3, 0.4) is 0 Å². The minimum Gasteiger partial charge on any atom is -0.454 e. The van der Waals surface area contributed by atoms with E-state index in [1.165, 1.54) is 0 Å². The molecule has 362 valence electrons. The van der Waals surface area contributed by atoms with E-state index in [-0.39, 0.29) is 46.3 Å². The third-order valence-corrected chi connectivity index (χ3v) is 11.8. The van der Waals surface area contributed by atoms with Gasteiger partial charge in [-0.15, -0.1) is 9.12 Å². The minimum absolute atomic E-state index is 0.0968. The number of ether oxygens (including phenoxy) is 10. The first-order valence-electron chi connectivity index (χ1n) is 23.4. The molecule has 2 aliphatic rings. The van der Waals surface area contributed by atoms with E-state index in [9.17, 15) is 4.79 Å². The summed E-state index contributed by atoms with van der Waals surface area (Å²) < 4.78 is 73.2. The molecule has 0 bridgehead atoms. The molecule has 5 aromatic carbocycles. The predicted octanol–water partition coefficient (Wildman–Crippen LogP) is 8.99. The van der Waals surface area contributed by atoms with Crippen LogP contribution in [-0.2, 0) is 89.9 Å². The van der Waals surface area contributed by atoms with Crippen molar-refractivity contribution in [1.29, 1.82) is 0 Å². The fourth-order valence-electron chi connectivity index (χ4n) is 8.07. The van der Waals surface area contributed by atoms with E-state index < -0.39 is 72.8 Å². The van der Waals surface area contributed by atoms with Crippen molar-refractivity contribution in [3.8, 4) is 0 Å². The average molecular weight is 949 g/mol. The lowest BCUT2D eigenvalue weighted by atomic mass is 9.94. The highest BCUT2D eigenvalue weighted by molar-refractivity contribution is 7.60. The molecule has 0 N–H and O–H groups in total. The molecule has 14 heteroatoms. The minimum atomic E-state index is -1.19. The van der Waals surface area contributed by atoms with Crippen LogP contribution >= 0.6 is 9.12 Å². The molecule has 2 heterocycles. The lowest BCUT2D eigenvalue weighted by molar-refractivity contribution is -0.342. The highest BCUT2D eigenvalue weighted by atomic mass is 31.0. The van der Waals surface area contributed by atoms with Crippen molar-refractivity contribution in [3.63, 3.8) is 0 Å². The Hall–Kier alpha value is -4.34. The molecular formula is C54H66BO12P. The summed E-state index contributed by atoms with van der Waals surface area (Å²) in [7, 11) is 4.25. The van der Waals surface area contributed by atoms with Crippen LogP contribution in [0.2, 0.25) is 6.82 Å². The molecule has 12 nitrogen and oxygen atoms in total. The van der Waals surface area contributed by atoms with Crippen LogP contribution in [0, 0.1) is 5.41 Å². The summed E-state index contributed by atoms with van der Waals surface area (Å²) in [6.07, 6.45) is -8.49. The fraction of sp³-hybridized carbons (Fsp3) is 0.426. The van der Waals surface area contributed by atoms with Gasteiger partial charge in [-0.2, -0.15) is 0 Å². The SMILES string of the molecule is CO[C@@H]1OC(CO[C@@H]2OC(COCc3ccccc3)[C@@H](OCc3ccccc3)[C@H](OCc3ccccc3)C2OC(=O)C(C)(C)C)[C@@H](OCc2ccccc2)[C@H](OCc2ccccc2)C1OB(C)P. The number of rotatable bonds is 23. The molecule has 0 amide bonds.